The number of oxime groups is 1. The van der Waals surface area contributed by atoms with E-state index in [0.717, 1.165) is 27.8 Å². The first kappa shape index (κ1) is 30.5. The number of methoxy groups -OCH3 is 5. The molecule has 1 amide bonds. The first-order valence-electron chi connectivity index (χ1n) is 13.7. The molecule has 11 nitrogen and oxygen atoms in total. The molecular weight excluding hydrogens is 574 g/mol. The Hall–Kier alpha value is -3.97. The Morgan fingerprint density at radius 1 is 1.07 bits per heavy atom. The van der Waals surface area contributed by atoms with Crippen molar-refractivity contribution in [2.45, 2.75) is 37.8 Å². The highest BCUT2D eigenvalue weighted by Gasteiger charge is 2.41. The van der Waals surface area contributed by atoms with Gasteiger partial charge in [0.2, 0.25) is 11.5 Å². The Bertz CT molecular complexity index is 1550. The smallest absolute Gasteiger partial charge is 0.252 e. The van der Waals surface area contributed by atoms with Crippen LogP contribution in [-0.4, -0.2) is 76.8 Å². The molecule has 2 aromatic carbocycles. The van der Waals surface area contributed by atoms with Crippen molar-refractivity contribution < 1.29 is 38.1 Å². The lowest BCUT2D eigenvalue weighted by atomic mass is 9.92. The number of amides is 1. The van der Waals surface area contributed by atoms with Crippen LogP contribution < -0.4 is 19.5 Å². The SMILES string of the molecule is CCc1ccc2sc(NC(=O)COC3C=C(C4CC(c5cc(OC)c(OC)c(OC)c5)=NO4)C=CC3(OC)OC)nc2c1. The van der Waals surface area contributed by atoms with Crippen molar-refractivity contribution in [1.82, 2.24) is 4.98 Å². The summed E-state index contributed by atoms with van der Waals surface area (Å²) >= 11 is 1.41. The highest BCUT2D eigenvalue weighted by Crippen LogP contribution is 2.40. The largest absolute Gasteiger partial charge is 0.493 e. The molecule has 1 aromatic heterocycles. The fourth-order valence-electron chi connectivity index (χ4n) is 5.03. The molecule has 0 bridgehead atoms. The van der Waals surface area contributed by atoms with Gasteiger partial charge in [-0.05, 0) is 54.0 Å². The maximum atomic E-state index is 12.9. The molecule has 2 atom stereocenters. The lowest BCUT2D eigenvalue weighted by molar-refractivity contribution is -0.225. The summed E-state index contributed by atoms with van der Waals surface area (Å²) in [7, 11) is 7.72. The molecular formula is C31H35N3O8S. The zero-order valence-corrected chi connectivity index (χ0v) is 25.8. The van der Waals surface area contributed by atoms with Gasteiger partial charge < -0.3 is 33.3 Å². The number of fused-ring (bicyclic) bond motifs is 1. The van der Waals surface area contributed by atoms with Crippen LogP contribution in [0.1, 0.15) is 24.5 Å². The molecule has 0 fully saturated rings. The molecule has 228 valence electrons. The van der Waals surface area contributed by atoms with E-state index in [-0.39, 0.29) is 12.5 Å². The van der Waals surface area contributed by atoms with Gasteiger partial charge in [-0.2, -0.15) is 0 Å². The van der Waals surface area contributed by atoms with Gasteiger partial charge in [0, 0.05) is 26.2 Å². The molecule has 12 heteroatoms. The molecule has 1 aliphatic carbocycles. The van der Waals surface area contributed by atoms with E-state index in [9.17, 15) is 4.79 Å². The molecule has 1 aliphatic heterocycles. The van der Waals surface area contributed by atoms with Crippen molar-refractivity contribution in [3.05, 3.63) is 65.3 Å². The van der Waals surface area contributed by atoms with E-state index in [0.29, 0.717) is 34.5 Å². The van der Waals surface area contributed by atoms with Crippen LogP contribution in [0.5, 0.6) is 17.2 Å². The number of aromatic nitrogens is 1. The number of anilines is 1. The predicted molar refractivity (Wildman–Crippen MR) is 163 cm³/mol. The third-order valence-corrected chi connectivity index (χ3v) is 8.38. The van der Waals surface area contributed by atoms with Crippen LogP contribution in [0, 0.1) is 0 Å². The Balaban J connectivity index is 1.28. The maximum absolute atomic E-state index is 12.9. The third-order valence-electron chi connectivity index (χ3n) is 7.43. The summed E-state index contributed by atoms with van der Waals surface area (Å²) in [6.45, 7) is 1.85. The molecule has 5 rings (SSSR count). The molecule has 3 aromatic rings. The summed E-state index contributed by atoms with van der Waals surface area (Å²) in [6.07, 6.45) is 5.70. The molecule has 0 spiro atoms. The minimum Gasteiger partial charge on any atom is -0.493 e. The molecule has 0 saturated heterocycles. The standard InChI is InChI=1S/C31H35N3O8S/c1-7-18-8-9-26-22(12-18)32-30(43-26)33-28(35)17-41-27-15-19(10-11-31(27,39-5)40-6)23-16-21(34-42-23)20-13-24(36-2)29(38-4)25(14-20)37-3/h8-15,23,27H,7,16-17H2,1-6H3,(H,32,33,35). The number of nitrogens with one attached hydrogen (secondary N) is 1. The first-order valence-corrected chi connectivity index (χ1v) is 14.5. The molecule has 1 N–H and O–H groups in total. The molecule has 2 heterocycles. The highest BCUT2D eigenvalue weighted by atomic mass is 32.1. The van der Waals surface area contributed by atoms with Gasteiger partial charge in [0.05, 0.1) is 37.3 Å². The normalized spacial score (nSPS) is 19.0. The average molecular weight is 610 g/mol. The quantitative estimate of drug-likeness (QED) is 0.287. The number of nitrogens with zero attached hydrogens (tertiary/aromatic N) is 2. The van der Waals surface area contributed by atoms with Crippen molar-refractivity contribution >= 4 is 38.3 Å². The Morgan fingerprint density at radius 2 is 1.81 bits per heavy atom. The average Bonchev–Trinajstić information content (AvgIpc) is 3.69. The van der Waals surface area contributed by atoms with E-state index in [1.54, 1.807) is 27.4 Å². The van der Waals surface area contributed by atoms with Crippen LogP contribution in [0.3, 0.4) is 0 Å². The Kier molecular flexibility index (Phi) is 9.31. The van der Waals surface area contributed by atoms with Crippen molar-refractivity contribution in [2.24, 2.45) is 5.16 Å². The number of hydrogen-bond acceptors (Lipinski definition) is 11. The monoisotopic (exact) mass is 609 g/mol. The van der Waals surface area contributed by atoms with Crippen LogP contribution in [0.15, 0.2) is 59.3 Å². The van der Waals surface area contributed by atoms with E-state index in [2.05, 4.69) is 28.4 Å². The van der Waals surface area contributed by atoms with Gasteiger partial charge in [-0.3, -0.25) is 10.1 Å². The summed E-state index contributed by atoms with van der Waals surface area (Å²) in [4.78, 5) is 23.2. The van der Waals surface area contributed by atoms with Crippen LogP contribution in [0.2, 0.25) is 0 Å². The van der Waals surface area contributed by atoms with Crippen LogP contribution >= 0.6 is 11.3 Å². The van der Waals surface area contributed by atoms with E-state index in [4.69, 9.17) is 33.3 Å². The lowest BCUT2D eigenvalue weighted by Crippen LogP contribution is -2.47. The summed E-state index contributed by atoms with van der Waals surface area (Å²) in [6, 6.07) is 9.78. The molecule has 43 heavy (non-hydrogen) atoms. The maximum Gasteiger partial charge on any atom is 0.252 e. The van der Waals surface area contributed by atoms with E-state index >= 15 is 0 Å². The first-order chi connectivity index (χ1) is 20.9. The lowest BCUT2D eigenvalue weighted by Gasteiger charge is -2.36. The van der Waals surface area contributed by atoms with Gasteiger partial charge in [0.15, 0.2) is 22.7 Å². The predicted octanol–water partition coefficient (Wildman–Crippen LogP) is 4.89. The van der Waals surface area contributed by atoms with Gasteiger partial charge in [0.25, 0.3) is 5.91 Å². The van der Waals surface area contributed by atoms with Crippen molar-refractivity contribution in [1.29, 1.82) is 0 Å². The second-order valence-electron chi connectivity index (χ2n) is 9.83. The van der Waals surface area contributed by atoms with Crippen molar-refractivity contribution in [3.63, 3.8) is 0 Å². The highest BCUT2D eigenvalue weighted by molar-refractivity contribution is 7.22. The van der Waals surface area contributed by atoms with Crippen molar-refractivity contribution in [3.8, 4) is 17.2 Å². The number of hydrogen-bond donors (Lipinski definition) is 1. The van der Waals surface area contributed by atoms with Crippen LogP contribution in [0.25, 0.3) is 10.2 Å². The summed E-state index contributed by atoms with van der Waals surface area (Å²) in [5, 5.41) is 7.69. The number of carbonyl (C=O) groups excluding carboxylic acids is 1. The van der Waals surface area contributed by atoms with E-state index < -0.39 is 18.0 Å². The van der Waals surface area contributed by atoms with Gasteiger partial charge in [-0.15, -0.1) is 0 Å². The number of benzene rings is 2. The third kappa shape index (κ3) is 6.23. The van der Waals surface area contributed by atoms with Crippen LogP contribution in [0.4, 0.5) is 5.13 Å². The molecule has 0 radical (unpaired) electrons. The minimum atomic E-state index is -1.23. The Morgan fingerprint density at radius 3 is 2.47 bits per heavy atom. The summed E-state index contributed by atoms with van der Waals surface area (Å²) in [5.74, 6) is -0.0301. The number of thiazole rings is 1. The summed E-state index contributed by atoms with van der Waals surface area (Å²) in [5.41, 5.74) is 4.35. The zero-order valence-electron chi connectivity index (χ0n) is 25.0. The Labute approximate surface area is 254 Å². The fourth-order valence-corrected chi connectivity index (χ4v) is 5.89. The van der Waals surface area contributed by atoms with Gasteiger partial charge in [0.1, 0.15) is 12.7 Å². The number of carbonyl (C=O) groups is 1. The van der Waals surface area contributed by atoms with Crippen LogP contribution in [-0.2, 0) is 30.3 Å². The van der Waals surface area contributed by atoms with E-state index in [1.165, 1.54) is 31.1 Å². The molecule has 2 unspecified atom stereocenters. The minimum absolute atomic E-state index is 0.244. The second kappa shape index (κ2) is 13.1. The molecule has 0 saturated carbocycles. The second-order valence-corrected chi connectivity index (χ2v) is 10.9. The fraction of sp³-hybridized carbons (Fsp3) is 0.387. The van der Waals surface area contributed by atoms with Gasteiger partial charge >= 0.3 is 0 Å². The number of rotatable bonds is 12. The number of ether oxygens (including phenoxy) is 6. The zero-order chi connectivity index (χ0) is 30.6. The number of aryl methyl sites for hydroxylation is 1. The summed E-state index contributed by atoms with van der Waals surface area (Å²) < 4.78 is 34.9. The van der Waals surface area contributed by atoms with E-state index in [1.807, 2.05) is 36.4 Å². The van der Waals surface area contributed by atoms with Gasteiger partial charge in [-0.25, -0.2) is 4.98 Å². The van der Waals surface area contributed by atoms with Gasteiger partial charge in [-0.1, -0.05) is 35.6 Å². The topological polar surface area (TPSA) is 119 Å². The molecule has 2 aliphatic rings. The van der Waals surface area contributed by atoms with Crippen molar-refractivity contribution in [2.75, 3.05) is 47.5 Å².